The van der Waals surface area contributed by atoms with Gasteiger partial charge in [0.1, 0.15) is 13.2 Å². The normalized spacial score (nSPS) is 12.5. The molecule has 0 rings (SSSR count). The minimum absolute atomic E-state index is 0.0871. The highest BCUT2D eigenvalue weighted by Gasteiger charge is 2.19. The van der Waals surface area contributed by atoms with Gasteiger partial charge >= 0.3 is 17.9 Å². The molecule has 0 fully saturated rings. The van der Waals surface area contributed by atoms with Gasteiger partial charge in [-0.2, -0.15) is 0 Å². The van der Waals surface area contributed by atoms with Gasteiger partial charge in [0.15, 0.2) is 6.10 Å². The minimum Gasteiger partial charge on any atom is -0.462 e. The van der Waals surface area contributed by atoms with Crippen molar-refractivity contribution in [3.8, 4) is 0 Å². The van der Waals surface area contributed by atoms with Crippen molar-refractivity contribution in [1.82, 2.24) is 0 Å². The number of allylic oxidation sites excluding steroid dienone is 10. The molecule has 0 bridgehead atoms. The zero-order valence-corrected chi connectivity index (χ0v) is 44.4. The zero-order valence-electron chi connectivity index (χ0n) is 44.4. The van der Waals surface area contributed by atoms with Crippen molar-refractivity contribution in [2.24, 2.45) is 0 Å². The van der Waals surface area contributed by atoms with Crippen molar-refractivity contribution >= 4 is 17.9 Å². The van der Waals surface area contributed by atoms with E-state index in [0.29, 0.717) is 19.3 Å². The van der Waals surface area contributed by atoms with Crippen molar-refractivity contribution in [3.05, 3.63) is 60.8 Å². The standard InChI is InChI=1S/C61H108O6/c1-4-7-10-13-16-19-22-25-28-30-33-36-39-42-45-48-51-54-60(63)66-57-58(56-65-59(62)53-50-47-44-41-38-35-32-27-24-21-18-15-12-9-6-3)67-61(64)55-52-49-46-43-40-37-34-31-29-26-23-20-17-14-11-8-5-2/h17-18,20-21,26-27,29,32,38,41,58H,4-16,19,22-25,28,30-31,33-37,39-40,42-57H2,1-3H3/b20-17-,21-18-,29-26-,32-27-,41-38-/t58-/m1/s1. The van der Waals surface area contributed by atoms with Gasteiger partial charge in [0.25, 0.3) is 0 Å². The lowest BCUT2D eigenvalue weighted by molar-refractivity contribution is -0.167. The van der Waals surface area contributed by atoms with Gasteiger partial charge in [-0.25, -0.2) is 0 Å². The smallest absolute Gasteiger partial charge is 0.306 e. The van der Waals surface area contributed by atoms with Crippen molar-refractivity contribution in [2.45, 2.75) is 297 Å². The van der Waals surface area contributed by atoms with Crippen molar-refractivity contribution in [2.75, 3.05) is 13.2 Å². The number of hydrogen-bond acceptors (Lipinski definition) is 6. The lowest BCUT2D eigenvalue weighted by Crippen LogP contribution is -2.30. The highest BCUT2D eigenvalue weighted by Crippen LogP contribution is 2.16. The number of ether oxygens (including phenoxy) is 3. The molecule has 67 heavy (non-hydrogen) atoms. The number of unbranched alkanes of at least 4 members (excludes halogenated alkanes) is 31. The average molecular weight is 938 g/mol. The first-order chi connectivity index (χ1) is 33.0. The Kier molecular flexibility index (Phi) is 53.3. The van der Waals surface area contributed by atoms with Gasteiger partial charge in [0.2, 0.25) is 0 Å². The Morgan fingerprint density at radius 1 is 0.299 bits per heavy atom. The first kappa shape index (κ1) is 64.1. The van der Waals surface area contributed by atoms with Gasteiger partial charge in [-0.1, -0.05) is 242 Å². The van der Waals surface area contributed by atoms with E-state index in [1.165, 1.54) is 167 Å². The Balaban J connectivity index is 4.42. The first-order valence-corrected chi connectivity index (χ1v) is 28.8. The molecule has 0 heterocycles. The number of rotatable bonds is 52. The maximum absolute atomic E-state index is 12.9. The van der Waals surface area contributed by atoms with E-state index < -0.39 is 6.10 Å². The summed E-state index contributed by atoms with van der Waals surface area (Å²) in [6.07, 6.45) is 69.2. The van der Waals surface area contributed by atoms with E-state index in [4.69, 9.17) is 14.2 Å². The van der Waals surface area contributed by atoms with Gasteiger partial charge in [-0.3, -0.25) is 14.4 Å². The molecular formula is C61H108O6. The van der Waals surface area contributed by atoms with Gasteiger partial charge in [0, 0.05) is 19.3 Å². The maximum Gasteiger partial charge on any atom is 0.306 e. The van der Waals surface area contributed by atoms with E-state index in [1.54, 1.807) is 0 Å². The van der Waals surface area contributed by atoms with E-state index in [1.807, 2.05) is 0 Å². The van der Waals surface area contributed by atoms with Crippen LogP contribution < -0.4 is 0 Å². The van der Waals surface area contributed by atoms with Crippen LogP contribution in [0.25, 0.3) is 0 Å². The van der Waals surface area contributed by atoms with E-state index >= 15 is 0 Å². The van der Waals surface area contributed by atoms with Crippen LogP contribution in [-0.2, 0) is 28.6 Å². The average Bonchev–Trinajstić information content (AvgIpc) is 3.33. The van der Waals surface area contributed by atoms with E-state index in [0.717, 1.165) is 83.5 Å². The Morgan fingerprint density at radius 3 is 0.896 bits per heavy atom. The molecular weight excluding hydrogens is 829 g/mol. The van der Waals surface area contributed by atoms with Crippen LogP contribution in [0.2, 0.25) is 0 Å². The van der Waals surface area contributed by atoms with Crippen LogP contribution in [0.1, 0.15) is 290 Å². The predicted molar refractivity (Wildman–Crippen MR) is 288 cm³/mol. The Morgan fingerprint density at radius 2 is 0.537 bits per heavy atom. The van der Waals surface area contributed by atoms with E-state index in [-0.39, 0.29) is 31.1 Å². The third-order valence-electron chi connectivity index (χ3n) is 12.5. The molecule has 0 aromatic heterocycles. The Bertz CT molecular complexity index is 1210. The fraction of sp³-hybridized carbons (Fsp3) is 0.787. The quantitative estimate of drug-likeness (QED) is 0.0262. The summed E-state index contributed by atoms with van der Waals surface area (Å²) in [6.45, 7) is 6.58. The molecule has 0 N–H and O–H groups in total. The highest BCUT2D eigenvalue weighted by atomic mass is 16.6. The van der Waals surface area contributed by atoms with Crippen LogP contribution in [0.15, 0.2) is 60.8 Å². The molecule has 0 aliphatic rings. The molecule has 0 aliphatic heterocycles. The molecule has 388 valence electrons. The summed E-state index contributed by atoms with van der Waals surface area (Å²) in [6, 6.07) is 0. The monoisotopic (exact) mass is 937 g/mol. The van der Waals surface area contributed by atoms with E-state index in [2.05, 4.69) is 81.5 Å². The summed E-state index contributed by atoms with van der Waals surface area (Å²) in [5.74, 6) is -0.923. The zero-order chi connectivity index (χ0) is 48.6. The first-order valence-electron chi connectivity index (χ1n) is 28.8. The summed E-state index contributed by atoms with van der Waals surface area (Å²) >= 11 is 0. The second-order valence-electron chi connectivity index (χ2n) is 19.2. The topological polar surface area (TPSA) is 78.9 Å². The van der Waals surface area contributed by atoms with Crippen molar-refractivity contribution in [1.29, 1.82) is 0 Å². The summed E-state index contributed by atoms with van der Waals surface area (Å²) in [5.41, 5.74) is 0. The second kappa shape index (κ2) is 55.7. The minimum atomic E-state index is -0.792. The fourth-order valence-electron chi connectivity index (χ4n) is 8.13. The Labute approximate surface area is 415 Å². The summed E-state index contributed by atoms with van der Waals surface area (Å²) in [5, 5.41) is 0. The molecule has 0 radical (unpaired) electrons. The van der Waals surface area contributed by atoms with Gasteiger partial charge in [-0.05, 0) is 89.9 Å². The van der Waals surface area contributed by atoms with Crippen molar-refractivity contribution < 1.29 is 28.6 Å². The number of hydrogen-bond donors (Lipinski definition) is 0. The summed E-state index contributed by atoms with van der Waals surface area (Å²) in [4.78, 5) is 38.1. The largest absolute Gasteiger partial charge is 0.462 e. The SMILES string of the molecule is CCCCC/C=C\C/C=C\C/C=C\CCCCC(=O)OC[C@H](COC(=O)CCCCCCCCCCCCCCCCCCC)OC(=O)CCCCCCCCC/C=C\C/C=C\CCCCC. The molecule has 6 nitrogen and oxygen atoms in total. The van der Waals surface area contributed by atoms with Crippen LogP contribution in [0.3, 0.4) is 0 Å². The molecule has 0 spiro atoms. The number of carbonyl (C=O) groups excluding carboxylic acids is 3. The van der Waals surface area contributed by atoms with Crippen LogP contribution in [0, 0.1) is 0 Å². The molecule has 0 aromatic carbocycles. The van der Waals surface area contributed by atoms with E-state index in [9.17, 15) is 14.4 Å². The number of carbonyl (C=O) groups is 3. The molecule has 6 heteroatoms. The summed E-state index contributed by atoms with van der Waals surface area (Å²) < 4.78 is 16.8. The molecule has 0 aromatic rings. The third-order valence-corrected chi connectivity index (χ3v) is 12.5. The van der Waals surface area contributed by atoms with Crippen LogP contribution in [-0.4, -0.2) is 37.2 Å². The van der Waals surface area contributed by atoms with Crippen LogP contribution in [0.4, 0.5) is 0 Å². The fourth-order valence-corrected chi connectivity index (χ4v) is 8.13. The highest BCUT2D eigenvalue weighted by molar-refractivity contribution is 5.71. The lowest BCUT2D eigenvalue weighted by Gasteiger charge is -2.18. The molecule has 0 unspecified atom stereocenters. The molecule has 0 saturated carbocycles. The van der Waals surface area contributed by atoms with Crippen molar-refractivity contribution in [3.63, 3.8) is 0 Å². The molecule has 1 atom stereocenters. The second-order valence-corrected chi connectivity index (χ2v) is 19.2. The Hall–Kier alpha value is -2.89. The summed E-state index contributed by atoms with van der Waals surface area (Å²) in [7, 11) is 0. The predicted octanol–water partition coefficient (Wildman–Crippen LogP) is 19.2. The van der Waals surface area contributed by atoms with Gasteiger partial charge in [-0.15, -0.1) is 0 Å². The molecule has 0 aliphatic carbocycles. The number of esters is 3. The maximum atomic E-state index is 12.9. The molecule has 0 saturated heterocycles. The van der Waals surface area contributed by atoms with Gasteiger partial charge < -0.3 is 14.2 Å². The molecule has 0 amide bonds. The van der Waals surface area contributed by atoms with Crippen LogP contribution in [0.5, 0.6) is 0 Å². The van der Waals surface area contributed by atoms with Gasteiger partial charge in [0.05, 0.1) is 0 Å². The lowest BCUT2D eigenvalue weighted by atomic mass is 10.0. The van der Waals surface area contributed by atoms with Crippen LogP contribution >= 0.6 is 0 Å². The third kappa shape index (κ3) is 53.9.